The van der Waals surface area contributed by atoms with Crippen molar-refractivity contribution in [2.75, 3.05) is 26.2 Å². The minimum Gasteiger partial charge on any atom is -0.492 e. The van der Waals surface area contributed by atoms with Crippen molar-refractivity contribution in [1.29, 1.82) is 0 Å². The fourth-order valence-corrected chi connectivity index (χ4v) is 2.53. The number of piperidine rings is 1. The molecule has 0 aliphatic carbocycles. The van der Waals surface area contributed by atoms with E-state index in [-0.39, 0.29) is 0 Å². The lowest BCUT2D eigenvalue weighted by atomic mass is 10.1. The van der Waals surface area contributed by atoms with E-state index in [9.17, 15) is 0 Å². The zero-order chi connectivity index (χ0) is 13.6. The van der Waals surface area contributed by atoms with Gasteiger partial charge in [0.2, 0.25) is 0 Å². The lowest BCUT2D eigenvalue weighted by Gasteiger charge is -2.26. The Hall–Kier alpha value is -1.88. The van der Waals surface area contributed by atoms with Crippen LogP contribution in [0.25, 0.3) is 11.4 Å². The number of nitrogens with one attached hydrogen (secondary N) is 1. The molecule has 5 nitrogen and oxygen atoms in total. The van der Waals surface area contributed by atoms with Gasteiger partial charge in [-0.05, 0) is 50.2 Å². The van der Waals surface area contributed by atoms with Crippen LogP contribution in [0.4, 0.5) is 0 Å². The van der Waals surface area contributed by atoms with E-state index in [1.165, 1.54) is 38.7 Å². The molecule has 1 saturated heterocycles. The summed E-state index contributed by atoms with van der Waals surface area (Å²) in [6.45, 7) is 4.20. The van der Waals surface area contributed by atoms with Gasteiger partial charge in [0.15, 0.2) is 5.82 Å². The van der Waals surface area contributed by atoms with Gasteiger partial charge in [0.05, 0.1) is 0 Å². The number of likely N-dealkylation sites (tertiary alicyclic amines) is 1. The second-order valence-corrected chi connectivity index (χ2v) is 5.11. The quantitative estimate of drug-likeness (QED) is 0.907. The van der Waals surface area contributed by atoms with Gasteiger partial charge < -0.3 is 4.74 Å². The molecular formula is C15H20N4O. The van der Waals surface area contributed by atoms with Crippen molar-refractivity contribution in [2.45, 2.75) is 19.3 Å². The smallest absolute Gasteiger partial charge is 0.155 e. The molecule has 20 heavy (non-hydrogen) atoms. The first kappa shape index (κ1) is 13.1. The maximum absolute atomic E-state index is 5.79. The Morgan fingerprint density at radius 2 is 1.90 bits per heavy atom. The summed E-state index contributed by atoms with van der Waals surface area (Å²) in [5, 5.41) is 6.70. The lowest BCUT2D eigenvalue weighted by molar-refractivity contribution is 0.183. The number of ether oxygens (including phenoxy) is 1. The minimum absolute atomic E-state index is 0.752. The van der Waals surface area contributed by atoms with Crippen LogP contribution in [-0.2, 0) is 0 Å². The Labute approximate surface area is 119 Å². The largest absolute Gasteiger partial charge is 0.492 e. The fraction of sp³-hybridized carbons (Fsp3) is 0.467. The van der Waals surface area contributed by atoms with Gasteiger partial charge in [-0.1, -0.05) is 6.42 Å². The van der Waals surface area contributed by atoms with Crippen molar-refractivity contribution in [3.05, 3.63) is 30.6 Å². The molecule has 5 heteroatoms. The van der Waals surface area contributed by atoms with E-state index in [2.05, 4.69) is 20.1 Å². The molecular weight excluding hydrogens is 252 g/mol. The zero-order valence-electron chi connectivity index (χ0n) is 11.6. The molecule has 106 valence electrons. The van der Waals surface area contributed by atoms with Crippen LogP contribution in [0.1, 0.15) is 19.3 Å². The third kappa shape index (κ3) is 3.36. The van der Waals surface area contributed by atoms with Gasteiger partial charge in [-0.3, -0.25) is 10.00 Å². The summed E-state index contributed by atoms with van der Waals surface area (Å²) in [5.74, 6) is 1.69. The van der Waals surface area contributed by atoms with Crippen LogP contribution < -0.4 is 4.74 Å². The van der Waals surface area contributed by atoms with E-state index >= 15 is 0 Å². The maximum Gasteiger partial charge on any atom is 0.155 e. The van der Waals surface area contributed by atoms with E-state index in [1.54, 1.807) is 0 Å². The summed E-state index contributed by atoms with van der Waals surface area (Å²) < 4.78 is 5.79. The number of hydrogen-bond acceptors (Lipinski definition) is 4. The molecule has 1 aliphatic heterocycles. The molecule has 1 N–H and O–H groups in total. The average Bonchev–Trinajstić information content (AvgIpc) is 3.03. The molecule has 3 rings (SSSR count). The Kier molecular flexibility index (Phi) is 4.28. The number of benzene rings is 1. The van der Waals surface area contributed by atoms with Crippen LogP contribution in [0.5, 0.6) is 5.75 Å². The Balaban J connectivity index is 1.48. The Morgan fingerprint density at radius 3 is 2.60 bits per heavy atom. The van der Waals surface area contributed by atoms with Crippen LogP contribution in [0.3, 0.4) is 0 Å². The van der Waals surface area contributed by atoms with Gasteiger partial charge in [0, 0.05) is 12.1 Å². The SMILES string of the molecule is c1n[nH]c(-c2ccc(OCCN3CCCCC3)cc2)n1. The Bertz CT molecular complexity index is 503. The van der Waals surface area contributed by atoms with Crippen LogP contribution in [-0.4, -0.2) is 46.3 Å². The van der Waals surface area contributed by atoms with Crippen molar-refractivity contribution in [2.24, 2.45) is 0 Å². The average molecular weight is 272 g/mol. The van der Waals surface area contributed by atoms with E-state index in [1.807, 2.05) is 24.3 Å². The molecule has 0 bridgehead atoms. The molecule has 0 amide bonds. The molecule has 0 saturated carbocycles. The highest BCUT2D eigenvalue weighted by atomic mass is 16.5. The molecule has 0 atom stereocenters. The highest BCUT2D eigenvalue weighted by Gasteiger charge is 2.09. The second kappa shape index (κ2) is 6.52. The van der Waals surface area contributed by atoms with Gasteiger partial charge in [-0.15, -0.1) is 0 Å². The number of hydrogen-bond donors (Lipinski definition) is 1. The summed E-state index contributed by atoms with van der Waals surface area (Å²) in [6.07, 6.45) is 5.54. The summed E-state index contributed by atoms with van der Waals surface area (Å²) in [5.41, 5.74) is 1.02. The van der Waals surface area contributed by atoms with E-state index in [0.717, 1.165) is 30.3 Å². The Morgan fingerprint density at radius 1 is 1.10 bits per heavy atom. The highest BCUT2D eigenvalue weighted by Crippen LogP contribution is 2.18. The van der Waals surface area contributed by atoms with Crippen molar-refractivity contribution in [1.82, 2.24) is 20.1 Å². The predicted octanol–water partition coefficient (Wildman–Crippen LogP) is 2.34. The first-order chi connectivity index (χ1) is 9.92. The molecule has 2 aromatic rings. The van der Waals surface area contributed by atoms with Crippen LogP contribution in [0, 0.1) is 0 Å². The molecule has 1 aliphatic rings. The van der Waals surface area contributed by atoms with Gasteiger partial charge >= 0.3 is 0 Å². The highest BCUT2D eigenvalue weighted by molar-refractivity contribution is 5.55. The molecule has 1 aromatic heterocycles. The van der Waals surface area contributed by atoms with Crippen molar-refractivity contribution < 1.29 is 4.74 Å². The van der Waals surface area contributed by atoms with Crippen molar-refractivity contribution >= 4 is 0 Å². The monoisotopic (exact) mass is 272 g/mol. The minimum atomic E-state index is 0.752. The number of aromatic amines is 1. The van der Waals surface area contributed by atoms with E-state index in [4.69, 9.17) is 4.74 Å². The van der Waals surface area contributed by atoms with Gasteiger partial charge in [-0.2, -0.15) is 5.10 Å². The maximum atomic E-state index is 5.79. The fourth-order valence-electron chi connectivity index (χ4n) is 2.53. The normalized spacial score (nSPS) is 16.2. The van der Waals surface area contributed by atoms with Gasteiger partial charge in [0.25, 0.3) is 0 Å². The molecule has 0 spiro atoms. The summed E-state index contributed by atoms with van der Waals surface area (Å²) in [6, 6.07) is 7.95. The first-order valence-corrected chi connectivity index (χ1v) is 7.23. The number of nitrogens with zero attached hydrogens (tertiary/aromatic N) is 3. The van der Waals surface area contributed by atoms with Crippen molar-refractivity contribution in [3.8, 4) is 17.1 Å². The van der Waals surface area contributed by atoms with Crippen LogP contribution in [0.15, 0.2) is 30.6 Å². The molecule has 0 radical (unpaired) electrons. The lowest BCUT2D eigenvalue weighted by Crippen LogP contribution is -2.33. The van der Waals surface area contributed by atoms with E-state index in [0.29, 0.717) is 0 Å². The van der Waals surface area contributed by atoms with Gasteiger partial charge in [-0.25, -0.2) is 4.98 Å². The third-order valence-corrected chi connectivity index (χ3v) is 3.67. The topological polar surface area (TPSA) is 54.0 Å². The molecule has 2 heterocycles. The predicted molar refractivity (Wildman–Crippen MR) is 77.6 cm³/mol. The second-order valence-electron chi connectivity index (χ2n) is 5.11. The standard InChI is InChI=1S/C15H20N4O/c1-2-8-19(9-3-1)10-11-20-14-6-4-13(5-7-14)15-16-12-17-18-15/h4-7,12H,1-3,8-11H2,(H,16,17,18). The van der Waals surface area contributed by atoms with Crippen molar-refractivity contribution in [3.63, 3.8) is 0 Å². The number of aromatic nitrogens is 3. The summed E-state index contributed by atoms with van der Waals surface area (Å²) in [7, 11) is 0. The van der Waals surface area contributed by atoms with Crippen LogP contribution >= 0.6 is 0 Å². The van der Waals surface area contributed by atoms with Crippen LogP contribution in [0.2, 0.25) is 0 Å². The molecule has 1 fully saturated rings. The first-order valence-electron chi connectivity index (χ1n) is 7.23. The summed E-state index contributed by atoms with van der Waals surface area (Å²) in [4.78, 5) is 6.60. The molecule has 0 unspecified atom stereocenters. The zero-order valence-corrected chi connectivity index (χ0v) is 11.6. The van der Waals surface area contributed by atoms with E-state index < -0.39 is 0 Å². The number of H-pyrrole nitrogens is 1. The van der Waals surface area contributed by atoms with Gasteiger partial charge in [0.1, 0.15) is 18.7 Å². The number of rotatable bonds is 5. The summed E-state index contributed by atoms with van der Waals surface area (Å²) >= 11 is 0. The third-order valence-electron chi connectivity index (χ3n) is 3.67. The molecule has 1 aromatic carbocycles.